The Morgan fingerprint density at radius 2 is 0.986 bits per heavy atom. The van der Waals surface area contributed by atoms with Crippen LogP contribution in [0.1, 0.15) is 111 Å². The highest BCUT2D eigenvalue weighted by Crippen LogP contribution is 2.41. The van der Waals surface area contributed by atoms with Crippen molar-refractivity contribution in [2.24, 2.45) is 33.7 Å². The summed E-state index contributed by atoms with van der Waals surface area (Å²) in [6.45, 7) is 2.76. The summed E-state index contributed by atoms with van der Waals surface area (Å²) in [7, 11) is -5.11. The smallest absolute Gasteiger partial charge is 0.240 e. The van der Waals surface area contributed by atoms with Crippen LogP contribution in [0, 0.1) is 23.7 Å². The van der Waals surface area contributed by atoms with Gasteiger partial charge in [0.1, 0.15) is 11.5 Å². The minimum Gasteiger partial charge on any atom is -0.508 e. The summed E-state index contributed by atoms with van der Waals surface area (Å²) in [6, 6.07) is 30.5. The van der Waals surface area contributed by atoms with Gasteiger partial charge in [-0.25, -0.2) is 26.3 Å². The molecule has 0 aromatic heterocycles. The first-order valence-electron chi connectivity index (χ1n) is 24.7. The predicted octanol–water partition coefficient (Wildman–Crippen LogP) is 9.08. The zero-order valence-corrected chi connectivity index (χ0v) is 42.9. The second kappa shape index (κ2) is 23.8. The average Bonchev–Trinajstić information content (AvgIpc) is 3.99. The number of hydrogen-bond acceptors (Lipinski definition) is 8. The van der Waals surface area contributed by atoms with Gasteiger partial charge in [0.25, 0.3) is 0 Å². The van der Waals surface area contributed by atoms with E-state index in [0.29, 0.717) is 76.2 Å². The largest absolute Gasteiger partial charge is 0.508 e. The lowest BCUT2D eigenvalue weighted by molar-refractivity contribution is 0.280. The molecule has 0 radical (unpaired) electrons. The van der Waals surface area contributed by atoms with Gasteiger partial charge in [-0.05, 0) is 172 Å². The van der Waals surface area contributed by atoms with Gasteiger partial charge >= 0.3 is 0 Å². The number of methoxy groups -OCH3 is 1. The Bertz CT molecular complexity index is 2610. The number of phenolic OH excluding ortho intramolecular Hbond substituents is 1. The van der Waals surface area contributed by atoms with E-state index in [1.54, 1.807) is 61.7 Å². The minimum absolute atomic E-state index is 0. The van der Waals surface area contributed by atoms with Gasteiger partial charge in [0.2, 0.25) is 20.0 Å². The van der Waals surface area contributed by atoms with E-state index >= 15 is 0 Å². The SMILES string of the molecule is COc1ccc2c(c1)CC[C@H]1NC(=NCC3CCC(CNS(=O)(=O)c4ccccc4)CC3)C[C@@H]21.Cl.Cl.O=S(=O)(NCC1CCC(CN=C2C[C@H]3c4ccc(O)cc4CC[C@H]3N2)CC1)c1ccccc1. The molecular formula is C53H70Cl2N6O6S2. The van der Waals surface area contributed by atoms with Crippen LogP contribution in [-0.2, 0) is 32.9 Å². The number of rotatable bonds is 13. The molecule has 2 saturated heterocycles. The first-order chi connectivity index (χ1) is 32.5. The Labute approximate surface area is 422 Å². The van der Waals surface area contributed by atoms with Gasteiger partial charge in [0.15, 0.2) is 0 Å². The molecule has 16 heteroatoms. The van der Waals surface area contributed by atoms with Crippen LogP contribution in [-0.4, -0.2) is 79.0 Å². The molecule has 5 N–H and O–H groups in total. The number of nitrogens with one attached hydrogen (secondary N) is 4. The maximum Gasteiger partial charge on any atom is 0.240 e. The molecule has 0 bridgehead atoms. The summed E-state index contributed by atoms with van der Waals surface area (Å²) in [5.41, 5.74) is 5.51. The van der Waals surface area contributed by atoms with E-state index < -0.39 is 20.0 Å². The average molecular weight is 1020 g/mol. The van der Waals surface area contributed by atoms with Gasteiger partial charge in [-0.2, -0.15) is 0 Å². The van der Waals surface area contributed by atoms with E-state index in [1.807, 2.05) is 18.2 Å². The number of aromatic hydroxyl groups is 1. The highest BCUT2D eigenvalue weighted by atomic mass is 35.5. The summed E-state index contributed by atoms with van der Waals surface area (Å²) in [4.78, 5) is 10.6. The molecule has 4 aromatic rings. The van der Waals surface area contributed by atoms with Crippen molar-refractivity contribution < 1.29 is 26.7 Å². The topological polar surface area (TPSA) is 171 Å². The quantitative estimate of drug-likeness (QED) is 0.0884. The first-order valence-corrected chi connectivity index (χ1v) is 27.6. The van der Waals surface area contributed by atoms with E-state index in [1.165, 1.54) is 22.3 Å². The van der Waals surface area contributed by atoms with Gasteiger partial charge < -0.3 is 20.5 Å². The Morgan fingerprint density at radius 3 is 1.43 bits per heavy atom. The van der Waals surface area contributed by atoms with E-state index in [2.05, 4.69) is 44.3 Å². The number of halogens is 2. The van der Waals surface area contributed by atoms with Crippen LogP contribution in [0.15, 0.2) is 117 Å². The third-order valence-corrected chi connectivity index (χ3v) is 18.4. The summed E-state index contributed by atoms with van der Waals surface area (Å²) in [5, 5.41) is 17.1. The third kappa shape index (κ3) is 13.2. The molecule has 69 heavy (non-hydrogen) atoms. The van der Waals surface area contributed by atoms with Crippen LogP contribution in [0.25, 0.3) is 0 Å². The van der Waals surface area contributed by atoms with Gasteiger partial charge in [-0.3, -0.25) is 9.98 Å². The van der Waals surface area contributed by atoms with Gasteiger partial charge in [-0.15, -0.1) is 24.8 Å². The van der Waals surface area contributed by atoms with E-state index in [9.17, 15) is 21.9 Å². The number of amidine groups is 2. The molecule has 4 aromatic carbocycles. The Hall–Kier alpha value is -4.18. The molecule has 2 saturated carbocycles. The maximum absolute atomic E-state index is 12.5. The van der Waals surface area contributed by atoms with Gasteiger partial charge in [0.05, 0.1) is 28.6 Å². The number of phenols is 1. The zero-order chi connectivity index (χ0) is 46.4. The molecule has 4 fully saturated rings. The van der Waals surface area contributed by atoms with Crippen LogP contribution in [0.3, 0.4) is 0 Å². The van der Waals surface area contributed by atoms with Gasteiger partial charge in [0, 0.05) is 62.9 Å². The summed E-state index contributed by atoms with van der Waals surface area (Å²) in [6.07, 6.45) is 14.9. The molecule has 10 rings (SSSR count). The molecule has 6 aliphatic rings. The standard InChI is InChI=1S/C27H35N3O3S.C26H33N3O3S.2ClH/c1-33-22-12-13-24-21(15-22)11-14-26-25(24)16-27(30-26)28-17-19-7-9-20(10-8-19)18-29-34(31,32)23-5-3-2-4-6-23;30-21-11-12-23-20(14-21)10-13-25-24(23)15-26(29-25)27-16-18-6-8-19(9-7-18)17-28-33(31,32)22-4-2-1-3-5-22;;/h2-6,12-13,15,19-20,25-26,29H,7-11,14,16-18H2,1H3,(H,28,30);1-5,11-12,14,18-19,24-25,28,30H,6-10,13,15-17H2,(H,27,29);2*1H/t19?,20?,25-,26+;18?,19?,24-,25+;;/m00../s1. The lowest BCUT2D eigenvalue weighted by atomic mass is 9.80. The zero-order valence-electron chi connectivity index (χ0n) is 39.6. The molecule has 4 atom stereocenters. The molecule has 0 unspecified atom stereocenters. The van der Waals surface area contributed by atoms with Gasteiger partial charge in [-0.1, -0.05) is 48.5 Å². The Morgan fingerprint density at radius 1 is 0.565 bits per heavy atom. The molecule has 2 aliphatic heterocycles. The molecule has 2 heterocycles. The van der Waals surface area contributed by atoms with Crippen molar-refractivity contribution in [2.75, 3.05) is 33.3 Å². The predicted molar refractivity (Wildman–Crippen MR) is 280 cm³/mol. The molecule has 12 nitrogen and oxygen atoms in total. The first kappa shape index (κ1) is 52.6. The monoisotopic (exact) mass is 1020 g/mol. The molecule has 374 valence electrons. The second-order valence-electron chi connectivity index (χ2n) is 19.8. The Kier molecular flexibility index (Phi) is 18.2. The number of hydrogen-bond donors (Lipinski definition) is 5. The van der Waals surface area contributed by atoms with Crippen LogP contribution in [0.4, 0.5) is 0 Å². The molecule has 0 spiro atoms. The maximum atomic E-state index is 12.5. The fourth-order valence-electron chi connectivity index (χ4n) is 11.5. The highest BCUT2D eigenvalue weighted by molar-refractivity contribution is 7.89. The van der Waals surface area contributed by atoms with Crippen LogP contribution in [0.5, 0.6) is 11.5 Å². The second-order valence-corrected chi connectivity index (χ2v) is 23.4. The van der Waals surface area contributed by atoms with E-state index in [0.717, 1.165) is 120 Å². The lowest BCUT2D eigenvalue weighted by Gasteiger charge is -2.28. The van der Waals surface area contributed by atoms with Crippen molar-refractivity contribution in [2.45, 2.75) is 124 Å². The molecule has 4 aliphatic carbocycles. The van der Waals surface area contributed by atoms with E-state index in [4.69, 9.17) is 14.7 Å². The van der Waals surface area contributed by atoms with Crippen LogP contribution >= 0.6 is 24.8 Å². The third-order valence-electron chi connectivity index (χ3n) is 15.5. The number of benzene rings is 4. The minimum atomic E-state index is -3.42. The van der Waals surface area contributed by atoms with Crippen molar-refractivity contribution >= 4 is 56.5 Å². The van der Waals surface area contributed by atoms with Crippen molar-refractivity contribution in [3.63, 3.8) is 0 Å². The number of aryl methyl sites for hydroxylation is 2. The molecule has 0 amide bonds. The summed E-state index contributed by atoms with van der Waals surface area (Å²) >= 11 is 0. The molecular weight excluding hydrogens is 952 g/mol. The lowest BCUT2D eigenvalue weighted by Crippen LogP contribution is -2.32. The van der Waals surface area contributed by atoms with Crippen LogP contribution in [0.2, 0.25) is 0 Å². The number of sulfonamides is 2. The fourth-order valence-corrected chi connectivity index (χ4v) is 13.8. The van der Waals surface area contributed by atoms with Crippen molar-refractivity contribution in [3.05, 3.63) is 119 Å². The van der Waals surface area contributed by atoms with Crippen molar-refractivity contribution in [3.8, 4) is 11.5 Å². The fraction of sp³-hybridized carbons (Fsp3) is 0.509. The summed E-state index contributed by atoms with van der Waals surface area (Å²) in [5.74, 6) is 6.54. The van der Waals surface area contributed by atoms with Crippen molar-refractivity contribution in [1.29, 1.82) is 0 Å². The van der Waals surface area contributed by atoms with E-state index in [-0.39, 0.29) is 24.8 Å². The van der Waals surface area contributed by atoms with Crippen molar-refractivity contribution in [1.82, 2.24) is 20.1 Å². The van der Waals surface area contributed by atoms with Crippen LogP contribution < -0.4 is 24.8 Å². The summed E-state index contributed by atoms with van der Waals surface area (Å²) < 4.78 is 60.8. The number of fused-ring (bicyclic) bond motifs is 6. The number of nitrogens with zero attached hydrogens (tertiary/aromatic N) is 2. The normalized spacial score (nSPS) is 27.1. The Balaban J connectivity index is 0.000000198. The highest BCUT2D eigenvalue weighted by Gasteiger charge is 2.38. The number of aliphatic imine (C=N–C) groups is 2. The number of ether oxygens (including phenoxy) is 1.